The van der Waals surface area contributed by atoms with E-state index < -0.39 is 9.84 Å². The van der Waals surface area contributed by atoms with Gasteiger partial charge in [-0.15, -0.1) is 11.3 Å². The number of thiophene rings is 1. The number of hydrogen-bond acceptors (Lipinski definition) is 8. The molecule has 1 fully saturated rings. The van der Waals surface area contributed by atoms with Gasteiger partial charge in [0.1, 0.15) is 10.4 Å². The second kappa shape index (κ2) is 10.4. The van der Waals surface area contributed by atoms with Crippen molar-refractivity contribution in [3.63, 3.8) is 0 Å². The number of ether oxygens (including phenoxy) is 1. The zero-order chi connectivity index (χ0) is 26.2. The van der Waals surface area contributed by atoms with E-state index in [1.165, 1.54) is 11.8 Å². The van der Waals surface area contributed by atoms with Gasteiger partial charge in [0, 0.05) is 31.9 Å². The highest BCUT2D eigenvalue weighted by molar-refractivity contribution is 7.90. The summed E-state index contributed by atoms with van der Waals surface area (Å²) >= 11 is 1.59. The van der Waals surface area contributed by atoms with Crippen LogP contribution in [0.1, 0.15) is 35.1 Å². The molecule has 0 bridgehead atoms. The monoisotopic (exact) mass is 536 g/mol. The average Bonchev–Trinajstić information content (AvgIpc) is 3.31. The van der Waals surface area contributed by atoms with Crippen LogP contribution in [0, 0.1) is 20.8 Å². The highest BCUT2D eigenvalue weighted by atomic mass is 32.2. The van der Waals surface area contributed by atoms with Gasteiger partial charge in [-0.05, 0) is 73.9 Å². The van der Waals surface area contributed by atoms with Crippen LogP contribution >= 0.6 is 11.3 Å². The number of hydrogen-bond donors (Lipinski definition) is 1. The molecule has 2 aromatic heterocycles. The van der Waals surface area contributed by atoms with Crippen LogP contribution in [0.25, 0.3) is 10.2 Å². The summed E-state index contributed by atoms with van der Waals surface area (Å²) in [7, 11) is -3.17. The molecule has 0 atom stereocenters. The van der Waals surface area contributed by atoms with Gasteiger partial charge in [0.05, 0.1) is 10.4 Å². The van der Waals surface area contributed by atoms with E-state index in [4.69, 9.17) is 14.7 Å². The molecule has 0 aliphatic carbocycles. The minimum absolute atomic E-state index is 0.274. The molecule has 1 saturated heterocycles. The molecule has 3 heterocycles. The maximum atomic E-state index is 11.7. The maximum absolute atomic E-state index is 11.7. The SMILES string of the molecule is Cc1cc(C)c(Oc2nc(NC3CCN(Cc4ccc(S(C)(=O)=O)cc4)CC3)nc3ccsc23)c(C)c1. The van der Waals surface area contributed by atoms with Crippen molar-refractivity contribution in [3.8, 4) is 11.6 Å². The Hall–Kier alpha value is -3.01. The number of nitrogens with one attached hydrogen (secondary N) is 1. The lowest BCUT2D eigenvalue weighted by atomic mass is 10.0. The number of aryl methyl sites for hydroxylation is 3. The summed E-state index contributed by atoms with van der Waals surface area (Å²) in [5, 5.41) is 5.56. The number of sulfone groups is 1. The minimum Gasteiger partial charge on any atom is -0.437 e. The predicted molar refractivity (Wildman–Crippen MR) is 150 cm³/mol. The third-order valence-electron chi connectivity index (χ3n) is 6.75. The Morgan fingerprint density at radius 3 is 2.35 bits per heavy atom. The van der Waals surface area contributed by atoms with Gasteiger partial charge in [0.2, 0.25) is 11.8 Å². The summed E-state index contributed by atoms with van der Waals surface area (Å²) in [5.74, 6) is 2.04. The van der Waals surface area contributed by atoms with Gasteiger partial charge < -0.3 is 10.1 Å². The molecule has 1 aliphatic rings. The number of piperidine rings is 1. The van der Waals surface area contributed by atoms with Crippen LogP contribution in [0.2, 0.25) is 0 Å². The fraction of sp³-hybridized carbons (Fsp3) is 0.357. The fourth-order valence-electron chi connectivity index (χ4n) is 4.91. The summed E-state index contributed by atoms with van der Waals surface area (Å²) in [5.41, 5.74) is 5.40. The Kier molecular flexibility index (Phi) is 7.20. The summed E-state index contributed by atoms with van der Waals surface area (Å²) in [4.78, 5) is 12.3. The van der Waals surface area contributed by atoms with Crippen molar-refractivity contribution in [3.05, 3.63) is 70.1 Å². The first-order valence-electron chi connectivity index (χ1n) is 12.4. The van der Waals surface area contributed by atoms with Crippen molar-refractivity contribution in [2.75, 3.05) is 24.7 Å². The lowest BCUT2D eigenvalue weighted by Crippen LogP contribution is -2.39. The first kappa shape index (κ1) is 25.6. The number of fused-ring (bicyclic) bond motifs is 1. The standard InChI is InChI=1S/C28H32N4O3S2/c1-18-15-19(2)25(20(3)16-18)35-27-26-24(11-14-36-26)30-28(31-27)29-22-9-12-32(13-10-22)17-21-5-7-23(8-6-21)37(4,33)34/h5-8,11,14-16,22H,9-10,12-13,17H2,1-4H3,(H,29,30,31). The quantitative estimate of drug-likeness (QED) is 0.315. The molecule has 0 unspecified atom stereocenters. The van der Waals surface area contributed by atoms with Gasteiger partial charge in [-0.2, -0.15) is 4.98 Å². The zero-order valence-electron chi connectivity index (χ0n) is 21.6. The van der Waals surface area contributed by atoms with Crippen molar-refractivity contribution >= 4 is 37.3 Å². The van der Waals surface area contributed by atoms with Crippen LogP contribution < -0.4 is 10.1 Å². The van der Waals surface area contributed by atoms with Gasteiger partial charge in [-0.1, -0.05) is 29.8 Å². The van der Waals surface area contributed by atoms with Gasteiger partial charge in [-0.3, -0.25) is 4.90 Å². The Morgan fingerprint density at radius 2 is 1.70 bits per heavy atom. The van der Waals surface area contributed by atoms with Crippen molar-refractivity contribution < 1.29 is 13.2 Å². The number of anilines is 1. The van der Waals surface area contributed by atoms with E-state index >= 15 is 0 Å². The Labute approximate surface area is 222 Å². The van der Waals surface area contributed by atoms with Crippen molar-refractivity contribution in [2.24, 2.45) is 0 Å². The zero-order valence-corrected chi connectivity index (χ0v) is 23.2. The van der Waals surface area contributed by atoms with E-state index in [-0.39, 0.29) is 6.04 Å². The number of nitrogens with zero attached hydrogens (tertiary/aromatic N) is 3. The van der Waals surface area contributed by atoms with Crippen LogP contribution in [-0.4, -0.2) is 48.7 Å². The molecule has 1 N–H and O–H groups in total. The number of rotatable bonds is 7. The Balaban J connectivity index is 1.25. The first-order valence-corrected chi connectivity index (χ1v) is 15.2. The molecule has 7 nitrogen and oxygen atoms in total. The molecular formula is C28H32N4O3S2. The molecule has 2 aromatic carbocycles. The van der Waals surface area contributed by atoms with Crippen LogP contribution in [0.4, 0.5) is 5.95 Å². The molecule has 0 radical (unpaired) electrons. The lowest BCUT2D eigenvalue weighted by Gasteiger charge is -2.32. The van der Waals surface area contributed by atoms with Gasteiger partial charge >= 0.3 is 0 Å². The molecule has 4 aromatic rings. The van der Waals surface area contributed by atoms with E-state index in [0.717, 1.165) is 65.1 Å². The lowest BCUT2D eigenvalue weighted by molar-refractivity contribution is 0.211. The third-order valence-corrected chi connectivity index (χ3v) is 8.77. The molecule has 37 heavy (non-hydrogen) atoms. The van der Waals surface area contributed by atoms with Crippen LogP contribution in [0.15, 0.2) is 52.7 Å². The Morgan fingerprint density at radius 1 is 1.03 bits per heavy atom. The molecule has 194 valence electrons. The largest absolute Gasteiger partial charge is 0.437 e. The van der Waals surface area contributed by atoms with Crippen LogP contribution in [-0.2, 0) is 16.4 Å². The molecule has 0 spiro atoms. The molecule has 0 saturated carbocycles. The molecule has 0 amide bonds. The molecular weight excluding hydrogens is 504 g/mol. The molecule has 9 heteroatoms. The number of aromatic nitrogens is 2. The van der Waals surface area contributed by atoms with E-state index in [1.54, 1.807) is 23.5 Å². The van der Waals surface area contributed by atoms with E-state index in [1.807, 2.05) is 23.6 Å². The van der Waals surface area contributed by atoms with E-state index in [0.29, 0.717) is 16.7 Å². The minimum atomic E-state index is -3.17. The second-order valence-electron chi connectivity index (χ2n) is 9.93. The van der Waals surface area contributed by atoms with E-state index in [9.17, 15) is 8.42 Å². The highest BCUT2D eigenvalue weighted by Gasteiger charge is 2.22. The summed E-state index contributed by atoms with van der Waals surface area (Å²) in [6.07, 6.45) is 3.18. The smallest absolute Gasteiger partial charge is 0.242 e. The van der Waals surface area contributed by atoms with Crippen molar-refractivity contribution in [2.45, 2.75) is 51.1 Å². The van der Waals surface area contributed by atoms with Crippen LogP contribution in [0.5, 0.6) is 11.6 Å². The normalized spacial score (nSPS) is 15.2. The topological polar surface area (TPSA) is 84.4 Å². The van der Waals surface area contributed by atoms with Gasteiger partial charge in [0.25, 0.3) is 0 Å². The predicted octanol–water partition coefficient (Wildman–Crippen LogP) is 5.89. The average molecular weight is 537 g/mol. The molecule has 5 rings (SSSR count). The van der Waals surface area contributed by atoms with Gasteiger partial charge in [-0.25, -0.2) is 13.4 Å². The highest BCUT2D eigenvalue weighted by Crippen LogP contribution is 2.35. The van der Waals surface area contributed by atoms with Crippen LogP contribution in [0.3, 0.4) is 0 Å². The van der Waals surface area contributed by atoms with Crippen molar-refractivity contribution in [1.82, 2.24) is 14.9 Å². The third kappa shape index (κ3) is 5.95. The second-order valence-corrected chi connectivity index (χ2v) is 12.9. The molecule has 1 aliphatic heterocycles. The van der Waals surface area contributed by atoms with Gasteiger partial charge in [0.15, 0.2) is 9.84 Å². The fourth-order valence-corrected chi connectivity index (χ4v) is 6.30. The number of benzene rings is 2. The Bertz CT molecular complexity index is 1500. The maximum Gasteiger partial charge on any atom is 0.242 e. The first-order chi connectivity index (χ1) is 17.7. The number of likely N-dealkylation sites (tertiary alicyclic amines) is 1. The summed E-state index contributed by atoms with van der Waals surface area (Å²) in [6, 6.07) is 13.7. The van der Waals surface area contributed by atoms with E-state index in [2.05, 4.69) is 43.1 Å². The summed E-state index contributed by atoms with van der Waals surface area (Å²) < 4.78 is 30.7. The summed E-state index contributed by atoms with van der Waals surface area (Å²) in [6.45, 7) is 8.91. The van der Waals surface area contributed by atoms with Crippen molar-refractivity contribution in [1.29, 1.82) is 0 Å².